The lowest BCUT2D eigenvalue weighted by Gasteiger charge is -2.26. The maximum absolute atomic E-state index is 13.1. The molecule has 1 fully saturated rings. The number of nitrogens with zero attached hydrogens (tertiary/aromatic N) is 4. The summed E-state index contributed by atoms with van der Waals surface area (Å²) in [5.41, 5.74) is 1.88. The molecule has 176 valence electrons. The molecular weight excluding hydrogens is 456 g/mol. The van der Waals surface area contributed by atoms with Crippen LogP contribution >= 0.6 is 0 Å². The standard InChI is InChI=1S/C23H24N6O4S/c1-15-21-26-20(27-23(30)29(21)22(25-15)16-6-4-3-5-7-16)18-9-8-17(14-19(18)33-2)34(31,32)28-12-10-24-11-13-28/h3-9,14,24H,10-13H2,1-2H3,(H,26,27,30). The zero-order chi connectivity index (χ0) is 23.9. The molecule has 0 amide bonds. The lowest BCUT2D eigenvalue weighted by atomic mass is 10.2. The SMILES string of the molecule is COc1cc(S(=O)(=O)N2CCNCC2)ccc1-c1nc2c(C)nc(-c3ccccc3)n2c(=O)[nH]1. The van der Waals surface area contributed by atoms with E-state index in [9.17, 15) is 13.2 Å². The van der Waals surface area contributed by atoms with Crippen molar-refractivity contribution in [1.82, 2.24) is 29.0 Å². The number of imidazole rings is 1. The van der Waals surface area contributed by atoms with Crippen LogP contribution in [0.4, 0.5) is 0 Å². The van der Waals surface area contributed by atoms with Crippen molar-refractivity contribution in [2.24, 2.45) is 0 Å². The molecule has 2 N–H and O–H groups in total. The van der Waals surface area contributed by atoms with Gasteiger partial charge in [0.15, 0.2) is 5.65 Å². The Labute approximate surface area is 196 Å². The highest BCUT2D eigenvalue weighted by Crippen LogP contribution is 2.31. The molecule has 2 aromatic carbocycles. The van der Waals surface area contributed by atoms with Crippen molar-refractivity contribution in [3.8, 4) is 28.5 Å². The summed E-state index contributed by atoms with van der Waals surface area (Å²) in [5.74, 6) is 1.06. The van der Waals surface area contributed by atoms with Gasteiger partial charge in [0.2, 0.25) is 10.0 Å². The first kappa shape index (κ1) is 22.3. The highest BCUT2D eigenvalue weighted by Gasteiger charge is 2.27. The van der Waals surface area contributed by atoms with Gasteiger partial charge in [0, 0.05) is 37.8 Å². The van der Waals surface area contributed by atoms with Gasteiger partial charge < -0.3 is 10.1 Å². The number of fused-ring (bicyclic) bond motifs is 1. The van der Waals surface area contributed by atoms with Crippen molar-refractivity contribution >= 4 is 15.7 Å². The molecule has 1 aliphatic rings. The van der Waals surface area contributed by atoms with E-state index in [1.54, 1.807) is 13.0 Å². The predicted molar refractivity (Wildman–Crippen MR) is 127 cm³/mol. The number of aryl methyl sites for hydroxylation is 1. The normalized spacial score (nSPS) is 15.0. The molecule has 10 nitrogen and oxygen atoms in total. The van der Waals surface area contributed by atoms with Gasteiger partial charge in [0.25, 0.3) is 0 Å². The number of nitrogens with one attached hydrogen (secondary N) is 2. The van der Waals surface area contributed by atoms with E-state index in [1.807, 2.05) is 30.3 Å². The molecule has 4 aromatic rings. The highest BCUT2D eigenvalue weighted by atomic mass is 32.2. The molecule has 3 heterocycles. The van der Waals surface area contributed by atoms with Gasteiger partial charge in [-0.1, -0.05) is 30.3 Å². The van der Waals surface area contributed by atoms with E-state index in [1.165, 1.54) is 27.9 Å². The number of aromatic amines is 1. The molecule has 11 heteroatoms. The summed E-state index contributed by atoms with van der Waals surface area (Å²) < 4.78 is 34.5. The van der Waals surface area contributed by atoms with Crippen LogP contribution in [0.25, 0.3) is 28.4 Å². The summed E-state index contributed by atoms with van der Waals surface area (Å²) >= 11 is 0. The number of rotatable bonds is 5. The van der Waals surface area contributed by atoms with Crippen LogP contribution in [-0.4, -0.2) is 65.4 Å². The molecule has 0 aliphatic carbocycles. The number of hydrogen-bond acceptors (Lipinski definition) is 7. The summed E-state index contributed by atoms with van der Waals surface area (Å²) in [6.07, 6.45) is 0. The lowest BCUT2D eigenvalue weighted by Crippen LogP contribution is -2.46. The molecular formula is C23H24N6O4S. The fourth-order valence-electron chi connectivity index (χ4n) is 4.11. The van der Waals surface area contributed by atoms with Gasteiger partial charge in [-0.25, -0.2) is 27.6 Å². The summed E-state index contributed by atoms with van der Waals surface area (Å²) in [6, 6.07) is 14.0. The number of methoxy groups -OCH3 is 1. The summed E-state index contributed by atoms with van der Waals surface area (Å²) in [6.45, 7) is 3.81. The third-order valence-electron chi connectivity index (χ3n) is 5.84. The Balaban J connectivity index is 1.60. The number of ether oxygens (including phenoxy) is 1. The van der Waals surface area contributed by atoms with Gasteiger partial charge in [-0.05, 0) is 19.1 Å². The maximum atomic E-state index is 13.1. The number of hydrogen-bond donors (Lipinski definition) is 2. The Kier molecular flexibility index (Phi) is 5.68. The van der Waals surface area contributed by atoms with Crippen molar-refractivity contribution in [3.05, 3.63) is 64.7 Å². The number of aromatic nitrogens is 4. The van der Waals surface area contributed by atoms with Crippen molar-refractivity contribution in [3.63, 3.8) is 0 Å². The molecule has 1 aliphatic heterocycles. The van der Waals surface area contributed by atoms with Gasteiger partial charge in [-0.2, -0.15) is 4.31 Å². The second-order valence-electron chi connectivity index (χ2n) is 7.95. The van der Waals surface area contributed by atoms with Crippen molar-refractivity contribution < 1.29 is 13.2 Å². The Morgan fingerprint density at radius 1 is 1.03 bits per heavy atom. The van der Waals surface area contributed by atoms with E-state index in [0.29, 0.717) is 54.7 Å². The first-order valence-corrected chi connectivity index (χ1v) is 12.3. The largest absolute Gasteiger partial charge is 0.496 e. The lowest BCUT2D eigenvalue weighted by molar-refractivity contribution is 0.359. The monoisotopic (exact) mass is 480 g/mol. The second-order valence-corrected chi connectivity index (χ2v) is 9.89. The van der Waals surface area contributed by atoms with Crippen LogP contribution in [0.3, 0.4) is 0 Å². The predicted octanol–water partition coefficient (Wildman–Crippen LogP) is 1.66. The minimum atomic E-state index is -3.66. The van der Waals surface area contributed by atoms with E-state index >= 15 is 0 Å². The smallest absolute Gasteiger partial charge is 0.334 e. The van der Waals surface area contributed by atoms with Gasteiger partial charge in [-0.15, -0.1) is 0 Å². The van der Waals surface area contributed by atoms with Crippen LogP contribution in [-0.2, 0) is 10.0 Å². The van der Waals surface area contributed by atoms with E-state index < -0.39 is 15.7 Å². The number of H-pyrrole nitrogens is 1. The Morgan fingerprint density at radius 2 is 1.76 bits per heavy atom. The third kappa shape index (κ3) is 3.77. The first-order valence-electron chi connectivity index (χ1n) is 10.8. The van der Waals surface area contributed by atoms with Gasteiger partial charge in [0.1, 0.15) is 17.4 Å². The molecule has 1 saturated heterocycles. The third-order valence-corrected chi connectivity index (χ3v) is 7.74. The average molecular weight is 481 g/mol. The van der Waals surface area contributed by atoms with Crippen LogP contribution in [0.15, 0.2) is 58.2 Å². The Morgan fingerprint density at radius 3 is 2.47 bits per heavy atom. The average Bonchev–Trinajstić information content (AvgIpc) is 3.21. The van der Waals surface area contributed by atoms with Crippen molar-refractivity contribution in [1.29, 1.82) is 0 Å². The molecule has 2 aromatic heterocycles. The summed E-state index contributed by atoms with van der Waals surface area (Å²) in [4.78, 5) is 25.2. The fraction of sp³-hybridized carbons (Fsp3) is 0.261. The number of piperazine rings is 1. The van der Waals surface area contributed by atoms with Crippen LogP contribution in [0.2, 0.25) is 0 Å². The second kappa shape index (κ2) is 8.67. The molecule has 0 bridgehead atoms. The quantitative estimate of drug-likeness (QED) is 0.446. The van der Waals surface area contributed by atoms with Crippen LogP contribution in [0.1, 0.15) is 5.69 Å². The first-order chi connectivity index (χ1) is 16.4. The zero-order valence-electron chi connectivity index (χ0n) is 18.8. The topological polar surface area (TPSA) is 122 Å². The molecule has 34 heavy (non-hydrogen) atoms. The molecule has 0 atom stereocenters. The van der Waals surface area contributed by atoms with Crippen LogP contribution in [0.5, 0.6) is 5.75 Å². The Hall–Kier alpha value is -3.54. The summed E-state index contributed by atoms with van der Waals surface area (Å²) in [7, 11) is -2.21. The summed E-state index contributed by atoms with van der Waals surface area (Å²) in [5, 5.41) is 3.15. The minimum absolute atomic E-state index is 0.130. The fourth-order valence-corrected chi connectivity index (χ4v) is 5.56. The minimum Gasteiger partial charge on any atom is -0.496 e. The molecule has 0 spiro atoms. The van der Waals surface area contributed by atoms with E-state index in [2.05, 4.69) is 20.3 Å². The Bertz CT molecular complexity index is 1520. The molecule has 0 unspecified atom stereocenters. The van der Waals surface area contributed by atoms with Gasteiger partial charge >= 0.3 is 5.69 Å². The zero-order valence-corrected chi connectivity index (χ0v) is 19.6. The number of benzene rings is 2. The van der Waals surface area contributed by atoms with Gasteiger partial charge in [0.05, 0.1) is 23.3 Å². The number of sulfonamides is 1. The van der Waals surface area contributed by atoms with E-state index in [-0.39, 0.29) is 10.7 Å². The van der Waals surface area contributed by atoms with Crippen LogP contribution < -0.4 is 15.7 Å². The molecule has 0 radical (unpaired) electrons. The van der Waals surface area contributed by atoms with E-state index in [4.69, 9.17) is 4.74 Å². The molecule has 5 rings (SSSR count). The molecule has 0 saturated carbocycles. The van der Waals surface area contributed by atoms with E-state index in [0.717, 1.165) is 5.56 Å². The van der Waals surface area contributed by atoms with Crippen molar-refractivity contribution in [2.75, 3.05) is 33.3 Å². The van der Waals surface area contributed by atoms with Crippen molar-refractivity contribution in [2.45, 2.75) is 11.8 Å². The maximum Gasteiger partial charge on any atom is 0.334 e. The highest BCUT2D eigenvalue weighted by molar-refractivity contribution is 7.89. The van der Waals surface area contributed by atoms with Crippen LogP contribution in [0, 0.1) is 6.92 Å². The van der Waals surface area contributed by atoms with Gasteiger partial charge in [-0.3, -0.25) is 4.98 Å².